The number of nitrogens with one attached hydrogen (secondary N) is 1. The van der Waals surface area contributed by atoms with E-state index in [2.05, 4.69) is 21.2 Å². The molecule has 3 nitrogen and oxygen atoms in total. The minimum Gasteiger partial charge on any atom is -0.312 e. The maximum atomic E-state index is 10.8. The van der Waals surface area contributed by atoms with Crippen LogP contribution in [0.4, 0.5) is 0 Å². The lowest BCUT2D eigenvalue weighted by Gasteiger charge is -2.02. The molecule has 0 aliphatic heterocycles. The van der Waals surface area contributed by atoms with Crippen LogP contribution in [0.25, 0.3) is 0 Å². The van der Waals surface area contributed by atoms with E-state index in [-0.39, 0.29) is 5.75 Å². The first-order valence-corrected chi connectivity index (χ1v) is 8.32. The van der Waals surface area contributed by atoms with E-state index >= 15 is 0 Å². The molecule has 0 bridgehead atoms. The molecule has 0 saturated heterocycles. The molecule has 1 aromatic heterocycles. The first kappa shape index (κ1) is 13.2. The molecular weight excluding hydrogens is 298 g/mol. The lowest BCUT2D eigenvalue weighted by Crippen LogP contribution is -2.17. The average Bonchev–Trinajstić information content (AvgIpc) is 2.49. The lowest BCUT2D eigenvalue weighted by molar-refractivity contribution is 0.594. The highest BCUT2D eigenvalue weighted by molar-refractivity contribution is 9.10. The van der Waals surface area contributed by atoms with Crippen molar-refractivity contribution < 1.29 is 8.42 Å². The van der Waals surface area contributed by atoms with Crippen LogP contribution >= 0.6 is 27.3 Å². The van der Waals surface area contributed by atoms with E-state index in [4.69, 9.17) is 0 Å². The highest BCUT2D eigenvalue weighted by Crippen LogP contribution is 2.21. The Bertz CT molecular complexity index is 400. The summed E-state index contributed by atoms with van der Waals surface area (Å²) in [4.78, 5) is 1.24. The fourth-order valence-corrected chi connectivity index (χ4v) is 3.24. The molecule has 0 spiro atoms. The van der Waals surface area contributed by atoms with Crippen molar-refractivity contribution in [3.05, 3.63) is 20.8 Å². The number of hydrogen-bond donors (Lipinski definition) is 1. The van der Waals surface area contributed by atoms with Gasteiger partial charge in [-0.25, -0.2) is 8.42 Å². The van der Waals surface area contributed by atoms with Crippen molar-refractivity contribution in [3.63, 3.8) is 0 Å². The molecule has 0 aliphatic rings. The molecule has 0 unspecified atom stereocenters. The van der Waals surface area contributed by atoms with Gasteiger partial charge in [-0.15, -0.1) is 11.3 Å². The number of rotatable bonds is 6. The van der Waals surface area contributed by atoms with E-state index < -0.39 is 9.84 Å². The van der Waals surface area contributed by atoms with Gasteiger partial charge in [0.2, 0.25) is 0 Å². The second-order valence-electron chi connectivity index (χ2n) is 3.35. The van der Waals surface area contributed by atoms with Gasteiger partial charge >= 0.3 is 0 Å². The van der Waals surface area contributed by atoms with Gasteiger partial charge in [0, 0.05) is 22.2 Å². The molecule has 0 radical (unpaired) electrons. The van der Waals surface area contributed by atoms with Gasteiger partial charge in [-0.1, -0.05) is 0 Å². The molecular formula is C9H14BrNO2S2. The van der Waals surface area contributed by atoms with Crippen LogP contribution in [0.3, 0.4) is 0 Å². The van der Waals surface area contributed by atoms with Crippen LogP contribution in [-0.4, -0.2) is 27.0 Å². The van der Waals surface area contributed by atoms with Crippen molar-refractivity contribution in [1.82, 2.24) is 5.32 Å². The highest BCUT2D eigenvalue weighted by atomic mass is 79.9. The largest absolute Gasteiger partial charge is 0.312 e. The molecule has 0 atom stereocenters. The number of thiophene rings is 1. The topological polar surface area (TPSA) is 46.2 Å². The minimum atomic E-state index is -2.81. The predicted octanol–water partition coefficient (Wildman–Crippen LogP) is 2.03. The Hall–Kier alpha value is 0.0900. The lowest BCUT2D eigenvalue weighted by atomic mass is 10.4. The SMILES string of the molecule is CS(=O)(=O)CCCNCc1sccc1Br. The quantitative estimate of drug-likeness (QED) is 0.818. The van der Waals surface area contributed by atoms with Gasteiger partial charge in [-0.2, -0.15) is 0 Å². The van der Waals surface area contributed by atoms with Crippen LogP contribution in [0, 0.1) is 0 Å². The van der Waals surface area contributed by atoms with Crippen molar-refractivity contribution in [2.75, 3.05) is 18.6 Å². The molecule has 0 fully saturated rings. The van der Waals surface area contributed by atoms with Gasteiger partial charge in [0.1, 0.15) is 9.84 Å². The Kier molecular flexibility index (Phi) is 5.25. The zero-order valence-electron chi connectivity index (χ0n) is 8.49. The molecule has 0 saturated carbocycles. The Morgan fingerprint density at radius 2 is 2.27 bits per heavy atom. The standard InChI is InChI=1S/C9H14BrNO2S2/c1-15(12,13)6-2-4-11-7-9-8(10)3-5-14-9/h3,5,11H,2,4,6-7H2,1H3. The van der Waals surface area contributed by atoms with Crippen molar-refractivity contribution in [2.45, 2.75) is 13.0 Å². The molecule has 0 aliphatic carbocycles. The fraction of sp³-hybridized carbons (Fsp3) is 0.556. The Balaban J connectivity index is 2.15. The summed E-state index contributed by atoms with van der Waals surface area (Å²) >= 11 is 5.13. The molecule has 86 valence electrons. The third kappa shape index (κ3) is 5.65. The summed E-state index contributed by atoms with van der Waals surface area (Å²) in [5, 5.41) is 5.24. The molecule has 6 heteroatoms. The summed E-state index contributed by atoms with van der Waals surface area (Å²) in [6.45, 7) is 1.53. The maximum absolute atomic E-state index is 10.8. The van der Waals surface area contributed by atoms with Gasteiger partial charge in [-0.05, 0) is 40.3 Å². The first-order chi connectivity index (χ1) is 6.99. The van der Waals surface area contributed by atoms with Crippen LogP contribution in [0.1, 0.15) is 11.3 Å². The Morgan fingerprint density at radius 3 is 2.80 bits per heavy atom. The third-order valence-corrected chi connectivity index (χ3v) is 4.80. The van der Waals surface area contributed by atoms with Crippen molar-refractivity contribution in [1.29, 1.82) is 0 Å². The first-order valence-electron chi connectivity index (χ1n) is 4.59. The van der Waals surface area contributed by atoms with E-state index in [1.165, 1.54) is 11.1 Å². The molecule has 15 heavy (non-hydrogen) atoms. The maximum Gasteiger partial charge on any atom is 0.147 e. The molecule has 0 amide bonds. The van der Waals surface area contributed by atoms with Crippen LogP contribution in [0.15, 0.2) is 15.9 Å². The molecule has 1 rings (SSSR count). The third-order valence-electron chi connectivity index (χ3n) is 1.85. The molecule has 0 aromatic carbocycles. The smallest absolute Gasteiger partial charge is 0.147 e. The zero-order valence-corrected chi connectivity index (χ0v) is 11.7. The summed E-state index contributed by atoms with van der Waals surface area (Å²) in [7, 11) is -2.81. The highest BCUT2D eigenvalue weighted by Gasteiger charge is 2.02. The van der Waals surface area contributed by atoms with Crippen LogP contribution < -0.4 is 5.32 Å². The van der Waals surface area contributed by atoms with Crippen molar-refractivity contribution in [3.8, 4) is 0 Å². The summed E-state index contributed by atoms with van der Waals surface area (Å²) in [6, 6.07) is 2.01. The normalized spacial score (nSPS) is 11.9. The van der Waals surface area contributed by atoms with Crippen molar-refractivity contribution >= 4 is 37.1 Å². The zero-order chi connectivity index (χ0) is 11.3. The molecule has 1 heterocycles. The van der Waals surface area contributed by atoms with Crippen molar-refractivity contribution in [2.24, 2.45) is 0 Å². The van der Waals surface area contributed by atoms with Gasteiger partial charge in [0.25, 0.3) is 0 Å². The predicted molar refractivity (Wildman–Crippen MR) is 68.1 cm³/mol. The minimum absolute atomic E-state index is 0.256. The van der Waals surface area contributed by atoms with E-state index in [1.807, 2.05) is 11.4 Å². The van der Waals surface area contributed by atoms with Gasteiger partial charge in [0.15, 0.2) is 0 Å². The van der Waals surface area contributed by atoms with E-state index in [9.17, 15) is 8.42 Å². The summed E-state index contributed by atoms with van der Waals surface area (Å²) in [5.41, 5.74) is 0. The molecule has 1 aromatic rings. The average molecular weight is 312 g/mol. The van der Waals surface area contributed by atoms with Gasteiger partial charge in [-0.3, -0.25) is 0 Å². The van der Waals surface area contributed by atoms with Crippen LogP contribution in [0.5, 0.6) is 0 Å². The summed E-state index contributed by atoms with van der Waals surface area (Å²) in [5.74, 6) is 0.256. The van der Waals surface area contributed by atoms with E-state index in [0.29, 0.717) is 6.42 Å². The number of hydrogen-bond acceptors (Lipinski definition) is 4. The summed E-state index contributed by atoms with van der Waals surface area (Å²) in [6.07, 6.45) is 1.94. The number of sulfone groups is 1. The van der Waals surface area contributed by atoms with E-state index in [1.54, 1.807) is 11.3 Å². The Morgan fingerprint density at radius 1 is 1.53 bits per heavy atom. The monoisotopic (exact) mass is 311 g/mol. The van der Waals surface area contributed by atoms with Crippen LogP contribution in [0.2, 0.25) is 0 Å². The second-order valence-corrected chi connectivity index (χ2v) is 7.47. The van der Waals surface area contributed by atoms with Gasteiger partial charge < -0.3 is 5.32 Å². The summed E-state index contributed by atoms with van der Waals surface area (Å²) < 4.78 is 22.8. The molecule has 1 N–H and O–H groups in total. The Labute approximate surface area is 103 Å². The number of halogens is 1. The van der Waals surface area contributed by atoms with Gasteiger partial charge in [0.05, 0.1) is 5.75 Å². The fourth-order valence-electron chi connectivity index (χ4n) is 1.11. The van der Waals surface area contributed by atoms with E-state index in [0.717, 1.165) is 17.6 Å². The second kappa shape index (κ2) is 5.98. The van der Waals surface area contributed by atoms with Crippen LogP contribution in [-0.2, 0) is 16.4 Å².